The average molecular weight is 286 g/mol. The Kier molecular flexibility index (Phi) is 4.74. The second kappa shape index (κ2) is 6.31. The lowest BCUT2D eigenvalue weighted by atomic mass is 10.0. The van der Waals surface area contributed by atoms with E-state index in [1.807, 2.05) is 17.5 Å². The second-order valence-electron chi connectivity index (χ2n) is 4.39. The third-order valence-corrected chi connectivity index (χ3v) is 4.00. The number of hydrogen-bond donors (Lipinski definition) is 1. The van der Waals surface area contributed by atoms with Crippen LogP contribution >= 0.6 is 23.7 Å². The molecule has 98 valence electrons. The Hall–Kier alpha value is -0.910. The van der Waals surface area contributed by atoms with E-state index in [-0.39, 0.29) is 12.4 Å². The van der Waals surface area contributed by atoms with E-state index in [4.69, 9.17) is 4.52 Å². The first-order chi connectivity index (χ1) is 8.42. The van der Waals surface area contributed by atoms with Gasteiger partial charge in [-0.3, -0.25) is 0 Å². The van der Waals surface area contributed by atoms with E-state index in [1.165, 1.54) is 6.42 Å². The molecule has 1 fully saturated rings. The van der Waals surface area contributed by atoms with Crippen LogP contribution in [0.25, 0.3) is 10.7 Å². The smallest absolute Gasteiger partial charge is 0.226 e. The molecule has 2 aromatic heterocycles. The number of hydrogen-bond acceptors (Lipinski definition) is 5. The second-order valence-corrected chi connectivity index (χ2v) is 5.33. The summed E-state index contributed by atoms with van der Waals surface area (Å²) in [4.78, 5) is 5.50. The lowest BCUT2D eigenvalue weighted by Crippen LogP contribution is -2.09. The molecule has 4 nitrogen and oxygen atoms in total. The van der Waals surface area contributed by atoms with Gasteiger partial charge in [0.15, 0.2) is 0 Å². The molecule has 3 heterocycles. The Labute approximate surface area is 116 Å². The number of nitrogens with one attached hydrogen (secondary N) is 1. The van der Waals surface area contributed by atoms with Gasteiger partial charge in [-0.15, -0.1) is 23.7 Å². The molecule has 1 aliphatic heterocycles. The Bertz CT molecular complexity index is 465. The van der Waals surface area contributed by atoms with Crippen molar-refractivity contribution in [3.63, 3.8) is 0 Å². The van der Waals surface area contributed by atoms with Crippen molar-refractivity contribution in [3.05, 3.63) is 23.4 Å². The van der Waals surface area contributed by atoms with Crippen molar-refractivity contribution >= 4 is 23.7 Å². The number of thiophene rings is 1. The Morgan fingerprint density at radius 1 is 1.50 bits per heavy atom. The summed E-state index contributed by atoms with van der Waals surface area (Å²) in [6.07, 6.45) is 3.30. The molecular formula is C12H16ClN3OS. The first kappa shape index (κ1) is 13.5. The van der Waals surface area contributed by atoms with Crippen LogP contribution in [0.1, 0.15) is 18.7 Å². The van der Waals surface area contributed by atoms with Crippen LogP contribution in [0.3, 0.4) is 0 Å². The first-order valence-corrected chi connectivity index (χ1v) is 6.87. The molecule has 0 aliphatic carbocycles. The third kappa shape index (κ3) is 3.10. The van der Waals surface area contributed by atoms with Crippen LogP contribution in [0.4, 0.5) is 0 Å². The lowest BCUT2D eigenvalue weighted by molar-refractivity contribution is 0.365. The highest BCUT2D eigenvalue weighted by molar-refractivity contribution is 7.13. The van der Waals surface area contributed by atoms with E-state index >= 15 is 0 Å². The molecule has 1 aliphatic rings. The van der Waals surface area contributed by atoms with Gasteiger partial charge in [0.2, 0.25) is 11.7 Å². The lowest BCUT2D eigenvalue weighted by Gasteiger charge is -2.03. The molecule has 1 atom stereocenters. The molecular weight excluding hydrogens is 270 g/mol. The average Bonchev–Trinajstić information content (AvgIpc) is 3.09. The molecule has 1 saturated heterocycles. The maximum absolute atomic E-state index is 5.27. The molecule has 18 heavy (non-hydrogen) atoms. The fourth-order valence-electron chi connectivity index (χ4n) is 2.15. The largest absolute Gasteiger partial charge is 0.339 e. The monoisotopic (exact) mass is 285 g/mol. The first-order valence-electron chi connectivity index (χ1n) is 5.99. The van der Waals surface area contributed by atoms with Crippen LogP contribution in [-0.4, -0.2) is 23.2 Å². The van der Waals surface area contributed by atoms with E-state index in [0.717, 1.165) is 48.4 Å². The standard InChI is InChI=1S/C12H15N3OS.ClH/c1-2-10(17-7-1)12-14-11(16-15-12)4-3-9-5-6-13-8-9;/h1-2,7,9,13H,3-6,8H2;1H. The number of halogens is 1. The highest BCUT2D eigenvalue weighted by atomic mass is 35.5. The quantitative estimate of drug-likeness (QED) is 0.938. The normalized spacial score (nSPS) is 18.8. The van der Waals surface area contributed by atoms with Gasteiger partial charge in [-0.05, 0) is 43.3 Å². The maximum Gasteiger partial charge on any atom is 0.226 e. The van der Waals surface area contributed by atoms with Crippen molar-refractivity contribution in [2.45, 2.75) is 19.3 Å². The molecule has 6 heteroatoms. The number of nitrogens with zero attached hydrogens (tertiary/aromatic N) is 2. The van der Waals surface area contributed by atoms with Crippen LogP contribution in [0.15, 0.2) is 22.0 Å². The van der Waals surface area contributed by atoms with E-state index < -0.39 is 0 Å². The molecule has 0 aromatic carbocycles. The summed E-state index contributed by atoms with van der Waals surface area (Å²) in [5.41, 5.74) is 0. The summed E-state index contributed by atoms with van der Waals surface area (Å²) in [7, 11) is 0. The minimum atomic E-state index is 0. The molecule has 1 N–H and O–H groups in total. The number of aromatic nitrogens is 2. The highest BCUT2D eigenvalue weighted by Crippen LogP contribution is 2.22. The molecule has 0 saturated carbocycles. The number of aryl methyl sites for hydroxylation is 1. The highest BCUT2D eigenvalue weighted by Gasteiger charge is 2.16. The molecule has 1 unspecified atom stereocenters. The van der Waals surface area contributed by atoms with Crippen LogP contribution < -0.4 is 5.32 Å². The van der Waals surface area contributed by atoms with Crippen LogP contribution in [0, 0.1) is 5.92 Å². The van der Waals surface area contributed by atoms with Crippen molar-refractivity contribution in [2.24, 2.45) is 5.92 Å². The fraction of sp³-hybridized carbons (Fsp3) is 0.500. The van der Waals surface area contributed by atoms with Crippen molar-refractivity contribution in [2.75, 3.05) is 13.1 Å². The van der Waals surface area contributed by atoms with E-state index in [9.17, 15) is 0 Å². The minimum absolute atomic E-state index is 0. The molecule has 0 spiro atoms. The summed E-state index contributed by atoms with van der Waals surface area (Å²) in [5.74, 6) is 2.26. The van der Waals surface area contributed by atoms with Crippen molar-refractivity contribution in [3.8, 4) is 10.7 Å². The van der Waals surface area contributed by atoms with Crippen molar-refractivity contribution in [1.82, 2.24) is 15.5 Å². The zero-order valence-electron chi connectivity index (χ0n) is 9.96. The Morgan fingerprint density at radius 2 is 2.44 bits per heavy atom. The predicted octanol–water partition coefficient (Wildman–Crippen LogP) is 2.76. The Morgan fingerprint density at radius 3 is 3.17 bits per heavy atom. The fourth-order valence-corrected chi connectivity index (χ4v) is 2.80. The molecule has 0 amide bonds. The van der Waals surface area contributed by atoms with E-state index in [2.05, 4.69) is 15.5 Å². The van der Waals surface area contributed by atoms with Crippen LogP contribution in [0.2, 0.25) is 0 Å². The summed E-state index contributed by atoms with van der Waals surface area (Å²) >= 11 is 1.64. The third-order valence-electron chi connectivity index (χ3n) is 3.14. The molecule has 2 aromatic rings. The van der Waals surface area contributed by atoms with Crippen molar-refractivity contribution in [1.29, 1.82) is 0 Å². The SMILES string of the molecule is Cl.c1csc(-c2noc(CCC3CCNC3)n2)c1. The van der Waals surface area contributed by atoms with Crippen LogP contribution in [-0.2, 0) is 6.42 Å². The predicted molar refractivity (Wildman–Crippen MR) is 74.2 cm³/mol. The number of rotatable bonds is 4. The summed E-state index contributed by atoms with van der Waals surface area (Å²) in [6.45, 7) is 2.28. The zero-order chi connectivity index (χ0) is 11.5. The molecule has 0 bridgehead atoms. The van der Waals surface area contributed by atoms with Crippen molar-refractivity contribution < 1.29 is 4.52 Å². The van der Waals surface area contributed by atoms with Crippen LogP contribution in [0.5, 0.6) is 0 Å². The Balaban J connectivity index is 0.00000120. The van der Waals surface area contributed by atoms with Gasteiger partial charge in [0.25, 0.3) is 0 Å². The summed E-state index contributed by atoms with van der Waals surface area (Å²) < 4.78 is 5.27. The van der Waals surface area contributed by atoms with E-state index in [1.54, 1.807) is 11.3 Å². The van der Waals surface area contributed by atoms with Gasteiger partial charge >= 0.3 is 0 Å². The zero-order valence-corrected chi connectivity index (χ0v) is 11.6. The van der Waals surface area contributed by atoms with Gasteiger partial charge in [-0.1, -0.05) is 11.2 Å². The topological polar surface area (TPSA) is 51.0 Å². The van der Waals surface area contributed by atoms with Gasteiger partial charge in [0.05, 0.1) is 4.88 Å². The summed E-state index contributed by atoms with van der Waals surface area (Å²) in [6, 6.07) is 4.01. The van der Waals surface area contributed by atoms with E-state index in [0.29, 0.717) is 0 Å². The van der Waals surface area contributed by atoms with Gasteiger partial charge in [-0.2, -0.15) is 4.98 Å². The summed E-state index contributed by atoms with van der Waals surface area (Å²) in [5, 5.41) is 9.41. The van der Waals surface area contributed by atoms with Gasteiger partial charge in [0, 0.05) is 6.42 Å². The van der Waals surface area contributed by atoms with Gasteiger partial charge in [0.1, 0.15) is 0 Å². The molecule has 0 radical (unpaired) electrons. The molecule has 3 rings (SSSR count). The van der Waals surface area contributed by atoms with Gasteiger partial charge in [-0.25, -0.2) is 0 Å². The maximum atomic E-state index is 5.27. The van der Waals surface area contributed by atoms with Gasteiger partial charge < -0.3 is 9.84 Å². The minimum Gasteiger partial charge on any atom is -0.339 e.